The summed E-state index contributed by atoms with van der Waals surface area (Å²) in [4.78, 5) is 19.5. The van der Waals surface area contributed by atoms with Gasteiger partial charge in [0, 0.05) is 61.9 Å². The van der Waals surface area contributed by atoms with Gasteiger partial charge in [-0.2, -0.15) is 15.2 Å². The molecule has 8 heteroatoms. The van der Waals surface area contributed by atoms with Crippen LogP contribution in [0, 0.1) is 24.2 Å². The van der Waals surface area contributed by atoms with E-state index in [0.717, 1.165) is 69.7 Å². The van der Waals surface area contributed by atoms with Gasteiger partial charge in [0.05, 0.1) is 24.7 Å². The molecule has 0 N–H and O–H groups in total. The van der Waals surface area contributed by atoms with E-state index in [1.54, 1.807) is 0 Å². The van der Waals surface area contributed by atoms with Crippen LogP contribution in [-0.4, -0.2) is 85.8 Å². The fourth-order valence-electron chi connectivity index (χ4n) is 6.28. The van der Waals surface area contributed by atoms with E-state index in [1.165, 1.54) is 40.4 Å². The van der Waals surface area contributed by atoms with Crippen LogP contribution in [0.1, 0.15) is 36.1 Å². The maximum atomic E-state index is 9.41. The maximum absolute atomic E-state index is 9.41. The van der Waals surface area contributed by atoms with Gasteiger partial charge in [-0.05, 0) is 63.2 Å². The van der Waals surface area contributed by atoms with Crippen molar-refractivity contribution in [2.24, 2.45) is 5.92 Å². The Labute approximate surface area is 238 Å². The number of rotatable bonds is 9. The van der Waals surface area contributed by atoms with Crippen LogP contribution in [-0.2, 0) is 13.0 Å². The molecule has 40 heavy (non-hydrogen) atoms. The number of aryl methyl sites for hydroxylation is 1. The quantitative estimate of drug-likeness (QED) is 0.400. The van der Waals surface area contributed by atoms with Crippen LogP contribution < -0.4 is 14.5 Å². The van der Waals surface area contributed by atoms with Gasteiger partial charge in [-0.1, -0.05) is 30.3 Å². The third-order valence-electron chi connectivity index (χ3n) is 8.83. The first kappa shape index (κ1) is 26.8. The number of piperazine rings is 1. The van der Waals surface area contributed by atoms with Crippen molar-refractivity contribution in [2.45, 2.75) is 45.2 Å². The predicted molar refractivity (Wildman–Crippen MR) is 160 cm³/mol. The van der Waals surface area contributed by atoms with Gasteiger partial charge in [0.25, 0.3) is 0 Å². The van der Waals surface area contributed by atoms with Crippen LogP contribution in [0.25, 0.3) is 10.8 Å². The zero-order valence-electron chi connectivity index (χ0n) is 24.1. The molecule has 1 saturated heterocycles. The molecule has 2 aromatic carbocycles. The second-order valence-electron chi connectivity index (χ2n) is 11.9. The zero-order chi connectivity index (χ0) is 27.6. The Bertz CT molecular complexity index is 1390. The molecule has 8 nitrogen and oxygen atoms in total. The Morgan fingerprint density at radius 2 is 1.90 bits per heavy atom. The van der Waals surface area contributed by atoms with Crippen molar-refractivity contribution in [2.75, 3.05) is 69.8 Å². The van der Waals surface area contributed by atoms with Gasteiger partial charge in [-0.3, -0.25) is 4.90 Å². The summed E-state index contributed by atoms with van der Waals surface area (Å²) >= 11 is 0. The normalized spacial score (nSPS) is 19.6. The van der Waals surface area contributed by atoms with Crippen LogP contribution in [0.15, 0.2) is 36.4 Å². The second kappa shape index (κ2) is 11.6. The summed E-state index contributed by atoms with van der Waals surface area (Å²) < 4.78 is 6.23. The standard InChI is InChI=1S/C32H41N7O/c1-23-6-4-7-25-8-5-9-29(30(23)25)38-15-13-27-28(22-38)34-32(40-19-18-36(2)20-24-10-11-24)35-31(27)39-17-16-37(3)26(21-39)12-14-33/h4-9,24,26H,10-13,15-22H2,1-3H3. The molecule has 210 valence electrons. The third kappa shape index (κ3) is 5.72. The van der Waals surface area contributed by atoms with E-state index in [2.05, 4.69) is 83.1 Å². The largest absolute Gasteiger partial charge is 0.462 e. The number of likely N-dealkylation sites (N-methyl/N-ethyl adjacent to an activating group) is 2. The second-order valence-corrected chi connectivity index (χ2v) is 11.9. The molecule has 1 aliphatic carbocycles. The number of nitrogens with zero attached hydrogens (tertiary/aromatic N) is 7. The van der Waals surface area contributed by atoms with Gasteiger partial charge in [-0.25, -0.2) is 0 Å². The molecular formula is C32H41N7O. The monoisotopic (exact) mass is 539 g/mol. The molecule has 0 amide bonds. The van der Waals surface area contributed by atoms with Crippen LogP contribution in [0.3, 0.4) is 0 Å². The summed E-state index contributed by atoms with van der Waals surface area (Å²) in [5, 5.41) is 12.0. The molecule has 1 aromatic heterocycles. The number of hydrogen-bond acceptors (Lipinski definition) is 8. The topological polar surface area (TPSA) is 71.8 Å². The third-order valence-corrected chi connectivity index (χ3v) is 8.83. The summed E-state index contributed by atoms with van der Waals surface area (Å²) in [7, 11) is 4.29. The number of ether oxygens (including phenoxy) is 1. The van der Waals surface area contributed by atoms with Crippen molar-refractivity contribution in [3.63, 3.8) is 0 Å². The van der Waals surface area contributed by atoms with E-state index in [0.29, 0.717) is 19.0 Å². The van der Waals surface area contributed by atoms with Crippen molar-refractivity contribution in [1.82, 2.24) is 19.8 Å². The molecule has 0 spiro atoms. The van der Waals surface area contributed by atoms with Crippen LogP contribution in [0.5, 0.6) is 6.01 Å². The molecule has 1 atom stereocenters. The number of benzene rings is 2. The SMILES string of the molecule is Cc1cccc2cccc(N3CCc4c(nc(OCCN(C)CC5CC5)nc4N4CCN(C)C(CC#N)C4)C3)c12. The first-order chi connectivity index (χ1) is 19.5. The number of anilines is 2. The van der Waals surface area contributed by atoms with E-state index in [-0.39, 0.29) is 6.04 Å². The minimum absolute atomic E-state index is 0.198. The minimum Gasteiger partial charge on any atom is -0.462 e. The molecule has 2 fully saturated rings. The van der Waals surface area contributed by atoms with Crippen molar-refractivity contribution in [3.8, 4) is 12.1 Å². The van der Waals surface area contributed by atoms with Gasteiger partial charge in [0.2, 0.25) is 0 Å². The highest BCUT2D eigenvalue weighted by atomic mass is 16.5. The number of fused-ring (bicyclic) bond motifs is 2. The molecule has 3 heterocycles. The Hall–Kier alpha value is -3.41. The van der Waals surface area contributed by atoms with Gasteiger partial charge in [0.15, 0.2) is 0 Å². The first-order valence-corrected chi connectivity index (χ1v) is 14.8. The minimum atomic E-state index is 0.198. The molecule has 2 aliphatic heterocycles. The lowest BCUT2D eigenvalue weighted by molar-refractivity contribution is 0.215. The number of hydrogen-bond donors (Lipinski definition) is 0. The van der Waals surface area contributed by atoms with E-state index in [4.69, 9.17) is 14.7 Å². The number of nitriles is 1. The van der Waals surface area contributed by atoms with Gasteiger partial charge in [-0.15, -0.1) is 0 Å². The molecule has 3 aliphatic rings. The number of aromatic nitrogens is 2. The van der Waals surface area contributed by atoms with E-state index < -0.39 is 0 Å². The molecule has 0 bridgehead atoms. The summed E-state index contributed by atoms with van der Waals surface area (Å²) in [6.45, 7) is 9.02. The molecule has 1 saturated carbocycles. The Balaban J connectivity index is 1.29. The van der Waals surface area contributed by atoms with Crippen molar-refractivity contribution in [1.29, 1.82) is 5.26 Å². The smallest absolute Gasteiger partial charge is 0.318 e. The maximum Gasteiger partial charge on any atom is 0.318 e. The van der Waals surface area contributed by atoms with Crippen LogP contribution in [0.2, 0.25) is 0 Å². The highest BCUT2D eigenvalue weighted by Gasteiger charge is 2.31. The van der Waals surface area contributed by atoms with Crippen LogP contribution in [0.4, 0.5) is 11.5 Å². The van der Waals surface area contributed by atoms with Crippen molar-refractivity contribution < 1.29 is 4.74 Å². The average molecular weight is 540 g/mol. The predicted octanol–water partition coefficient (Wildman–Crippen LogP) is 4.26. The lowest BCUT2D eigenvalue weighted by Crippen LogP contribution is -2.52. The molecule has 3 aromatic rings. The highest BCUT2D eigenvalue weighted by molar-refractivity contribution is 5.97. The molecule has 0 radical (unpaired) electrons. The van der Waals surface area contributed by atoms with Gasteiger partial charge < -0.3 is 19.4 Å². The zero-order valence-corrected chi connectivity index (χ0v) is 24.1. The van der Waals surface area contributed by atoms with E-state index in [9.17, 15) is 5.26 Å². The average Bonchev–Trinajstić information content (AvgIpc) is 3.77. The van der Waals surface area contributed by atoms with E-state index >= 15 is 0 Å². The molecule has 1 unspecified atom stereocenters. The fourth-order valence-corrected chi connectivity index (χ4v) is 6.28. The molecular weight excluding hydrogens is 498 g/mol. The summed E-state index contributed by atoms with van der Waals surface area (Å²) in [5.74, 6) is 1.86. The Morgan fingerprint density at radius 3 is 2.70 bits per heavy atom. The lowest BCUT2D eigenvalue weighted by Gasteiger charge is -2.41. The van der Waals surface area contributed by atoms with Crippen molar-refractivity contribution >= 4 is 22.3 Å². The Kier molecular flexibility index (Phi) is 7.77. The van der Waals surface area contributed by atoms with Gasteiger partial charge in [0.1, 0.15) is 12.4 Å². The van der Waals surface area contributed by atoms with Gasteiger partial charge >= 0.3 is 6.01 Å². The van der Waals surface area contributed by atoms with Crippen LogP contribution >= 0.6 is 0 Å². The lowest BCUT2D eigenvalue weighted by atomic mass is 9.99. The summed E-state index contributed by atoms with van der Waals surface area (Å²) in [6.07, 6.45) is 4.11. The highest BCUT2D eigenvalue weighted by Crippen LogP contribution is 2.36. The summed E-state index contributed by atoms with van der Waals surface area (Å²) in [5.41, 5.74) is 4.84. The molecule has 6 rings (SSSR count). The first-order valence-electron chi connectivity index (χ1n) is 14.8. The van der Waals surface area contributed by atoms with E-state index in [1.807, 2.05) is 0 Å². The Morgan fingerprint density at radius 1 is 1.07 bits per heavy atom. The fraction of sp³-hybridized carbons (Fsp3) is 0.531. The summed E-state index contributed by atoms with van der Waals surface area (Å²) in [6, 6.07) is 16.2. The van der Waals surface area contributed by atoms with Crippen molar-refractivity contribution in [3.05, 3.63) is 53.2 Å².